The third-order valence-corrected chi connectivity index (χ3v) is 4.67. The van der Waals surface area contributed by atoms with Gasteiger partial charge in [-0.15, -0.1) is 11.8 Å². The standard InChI is InChI=1S/C21H37NO5S/c1-10-14(2)18(22-20(24)27-21(5,6)7)16(4)17(26-13-28-9)12-11-15(3)19(23)25-8/h10-11,16-18H,12-13H2,1-9H3,(H,22,24)/b14-10+,15-11+/t16-,17-,18+/m0/s1. The van der Waals surface area contributed by atoms with E-state index in [1.807, 2.05) is 60.0 Å². The van der Waals surface area contributed by atoms with Crippen LogP contribution in [-0.4, -0.2) is 49.1 Å². The van der Waals surface area contributed by atoms with Gasteiger partial charge in [-0.3, -0.25) is 0 Å². The van der Waals surface area contributed by atoms with Crippen molar-refractivity contribution in [2.75, 3.05) is 19.3 Å². The van der Waals surface area contributed by atoms with Gasteiger partial charge in [-0.25, -0.2) is 9.59 Å². The quantitative estimate of drug-likeness (QED) is 0.241. The molecule has 0 aromatic rings. The van der Waals surface area contributed by atoms with E-state index in [1.165, 1.54) is 7.11 Å². The summed E-state index contributed by atoms with van der Waals surface area (Å²) in [5, 5.41) is 2.97. The van der Waals surface area contributed by atoms with Gasteiger partial charge < -0.3 is 19.5 Å². The van der Waals surface area contributed by atoms with Crippen LogP contribution in [0, 0.1) is 5.92 Å². The molecule has 0 radical (unpaired) electrons. The summed E-state index contributed by atoms with van der Waals surface area (Å²) in [6.07, 6.45) is 5.64. The van der Waals surface area contributed by atoms with Crippen LogP contribution in [0.15, 0.2) is 23.3 Å². The van der Waals surface area contributed by atoms with E-state index in [0.29, 0.717) is 17.9 Å². The van der Waals surface area contributed by atoms with Crippen molar-refractivity contribution in [3.63, 3.8) is 0 Å². The first-order valence-corrected chi connectivity index (χ1v) is 10.8. The smallest absolute Gasteiger partial charge is 0.408 e. The van der Waals surface area contributed by atoms with Crippen LogP contribution in [0.5, 0.6) is 0 Å². The highest BCUT2D eigenvalue weighted by atomic mass is 32.2. The van der Waals surface area contributed by atoms with Crippen molar-refractivity contribution in [3.05, 3.63) is 23.3 Å². The van der Waals surface area contributed by atoms with Crippen LogP contribution in [0.2, 0.25) is 0 Å². The Balaban J connectivity index is 5.48. The molecule has 6 nitrogen and oxygen atoms in total. The van der Waals surface area contributed by atoms with Gasteiger partial charge in [0.15, 0.2) is 0 Å². The predicted octanol–water partition coefficient (Wildman–Crippen LogP) is 4.70. The molecular formula is C21H37NO5S. The lowest BCUT2D eigenvalue weighted by Gasteiger charge is -2.32. The van der Waals surface area contributed by atoms with Gasteiger partial charge >= 0.3 is 12.1 Å². The molecular weight excluding hydrogens is 378 g/mol. The molecule has 0 aliphatic carbocycles. The highest BCUT2D eigenvalue weighted by Crippen LogP contribution is 2.23. The molecule has 0 fully saturated rings. The van der Waals surface area contributed by atoms with Gasteiger partial charge in [0.1, 0.15) is 5.60 Å². The molecule has 0 aliphatic heterocycles. The maximum atomic E-state index is 12.3. The van der Waals surface area contributed by atoms with Crippen molar-refractivity contribution >= 4 is 23.8 Å². The Morgan fingerprint density at radius 1 is 1.21 bits per heavy atom. The van der Waals surface area contributed by atoms with Gasteiger partial charge in [0, 0.05) is 11.5 Å². The minimum absolute atomic E-state index is 0.0439. The van der Waals surface area contributed by atoms with Gasteiger partial charge in [0.2, 0.25) is 0 Å². The fourth-order valence-corrected chi connectivity index (χ4v) is 2.93. The number of methoxy groups -OCH3 is 1. The normalized spacial score (nSPS) is 16.2. The number of nitrogens with one attached hydrogen (secondary N) is 1. The Hall–Kier alpha value is -1.47. The van der Waals surface area contributed by atoms with E-state index < -0.39 is 11.7 Å². The van der Waals surface area contributed by atoms with Gasteiger partial charge in [0.05, 0.1) is 25.2 Å². The number of hydrogen-bond acceptors (Lipinski definition) is 6. The Labute approximate surface area is 174 Å². The van der Waals surface area contributed by atoms with Crippen LogP contribution in [0.4, 0.5) is 4.79 Å². The second kappa shape index (κ2) is 12.9. The zero-order valence-electron chi connectivity index (χ0n) is 18.8. The number of amides is 1. The molecule has 7 heteroatoms. The highest BCUT2D eigenvalue weighted by Gasteiger charge is 2.30. The van der Waals surface area contributed by atoms with Gasteiger partial charge in [-0.2, -0.15) is 0 Å². The molecule has 162 valence electrons. The van der Waals surface area contributed by atoms with Gasteiger partial charge in [0.25, 0.3) is 0 Å². The number of hydrogen-bond donors (Lipinski definition) is 1. The molecule has 0 rings (SSSR count). The Morgan fingerprint density at radius 3 is 2.29 bits per heavy atom. The molecule has 0 heterocycles. The maximum Gasteiger partial charge on any atom is 0.408 e. The third-order valence-electron chi connectivity index (χ3n) is 4.29. The molecule has 0 bridgehead atoms. The molecule has 28 heavy (non-hydrogen) atoms. The molecule has 1 N–H and O–H groups in total. The third kappa shape index (κ3) is 10.2. The van der Waals surface area contributed by atoms with E-state index in [2.05, 4.69) is 5.32 Å². The fourth-order valence-electron chi connectivity index (χ4n) is 2.62. The van der Waals surface area contributed by atoms with E-state index in [9.17, 15) is 9.59 Å². The van der Waals surface area contributed by atoms with Gasteiger partial charge in [-0.1, -0.05) is 24.6 Å². The highest BCUT2D eigenvalue weighted by molar-refractivity contribution is 7.98. The fraction of sp³-hybridized carbons (Fsp3) is 0.714. The van der Waals surface area contributed by atoms with Crippen LogP contribution in [-0.2, 0) is 19.0 Å². The van der Waals surface area contributed by atoms with Gasteiger partial charge in [-0.05, 0) is 54.2 Å². The van der Waals surface area contributed by atoms with Crippen molar-refractivity contribution in [2.24, 2.45) is 5.92 Å². The van der Waals surface area contributed by atoms with Crippen LogP contribution < -0.4 is 5.32 Å². The summed E-state index contributed by atoms with van der Waals surface area (Å²) < 4.78 is 16.2. The largest absolute Gasteiger partial charge is 0.466 e. The predicted molar refractivity (Wildman–Crippen MR) is 115 cm³/mol. The number of allylic oxidation sites excluding steroid dienone is 1. The van der Waals surface area contributed by atoms with Crippen molar-refractivity contribution in [2.45, 2.75) is 72.6 Å². The molecule has 0 saturated heterocycles. The van der Waals surface area contributed by atoms with Crippen LogP contribution in [0.3, 0.4) is 0 Å². The van der Waals surface area contributed by atoms with E-state index in [4.69, 9.17) is 14.2 Å². The summed E-state index contributed by atoms with van der Waals surface area (Å²) in [6.45, 7) is 13.1. The summed E-state index contributed by atoms with van der Waals surface area (Å²) >= 11 is 1.58. The summed E-state index contributed by atoms with van der Waals surface area (Å²) in [4.78, 5) is 24.0. The van der Waals surface area contributed by atoms with Crippen molar-refractivity contribution in [1.29, 1.82) is 0 Å². The Morgan fingerprint density at radius 2 is 1.82 bits per heavy atom. The van der Waals surface area contributed by atoms with Crippen LogP contribution in [0.1, 0.15) is 54.9 Å². The topological polar surface area (TPSA) is 73.9 Å². The van der Waals surface area contributed by atoms with Crippen molar-refractivity contribution < 1.29 is 23.8 Å². The number of carbonyl (C=O) groups is 2. The lowest BCUT2D eigenvalue weighted by molar-refractivity contribution is -0.136. The number of carbonyl (C=O) groups excluding carboxylic acids is 2. The monoisotopic (exact) mass is 415 g/mol. The average molecular weight is 416 g/mol. The van der Waals surface area contributed by atoms with Crippen molar-refractivity contribution in [3.8, 4) is 0 Å². The van der Waals surface area contributed by atoms with E-state index in [-0.39, 0.29) is 24.0 Å². The lowest BCUT2D eigenvalue weighted by atomic mass is 9.88. The summed E-state index contributed by atoms with van der Waals surface area (Å²) in [6, 6.07) is -0.251. The summed E-state index contributed by atoms with van der Waals surface area (Å²) in [7, 11) is 1.36. The van der Waals surface area contributed by atoms with Crippen molar-refractivity contribution in [1.82, 2.24) is 5.32 Å². The average Bonchev–Trinajstić information content (AvgIpc) is 2.62. The summed E-state index contributed by atoms with van der Waals surface area (Å²) in [5.74, 6) is 0.121. The molecule has 0 aromatic heterocycles. The van der Waals surface area contributed by atoms with E-state index >= 15 is 0 Å². The number of esters is 1. The minimum Gasteiger partial charge on any atom is -0.466 e. The first kappa shape index (κ1) is 26.5. The number of rotatable bonds is 10. The maximum absolute atomic E-state index is 12.3. The second-order valence-electron chi connectivity index (χ2n) is 7.74. The first-order chi connectivity index (χ1) is 13.0. The molecule has 0 aromatic carbocycles. The molecule has 0 spiro atoms. The molecule has 0 saturated carbocycles. The van der Waals surface area contributed by atoms with E-state index in [1.54, 1.807) is 18.7 Å². The van der Waals surface area contributed by atoms with E-state index in [0.717, 1.165) is 5.57 Å². The number of alkyl carbamates (subject to hydrolysis) is 1. The molecule has 0 aliphatic rings. The first-order valence-electron chi connectivity index (χ1n) is 9.44. The zero-order chi connectivity index (χ0) is 21.9. The Bertz CT molecular complexity index is 566. The zero-order valence-corrected chi connectivity index (χ0v) is 19.6. The molecule has 3 atom stereocenters. The van der Waals surface area contributed by atoms with Crippen LogP contribution >= 0.6 is 11.8 Å². The molecule has 1 amide bonds. The summed E-state index contributed by atoms with van der Waals surface area (Å²) in [5.41, 5.74) is 0.980. The molecule has 0 unspecified atom stereocenters. The number of ether oxygens (including phenoxy) is 3. The SMILES string of the molecule is C/C=C(\C)[C@@H](NC(=O)OC(C)(C)C)[C@@H](C)[C@H](C/C=C(\C)C(=O)OC)OCSC. The van der Waals surface area contributed by atoms with Crippen LogP contribution in [0.25, 0.3) is 0 Å². The second-order valence-corrected chi connectivity index (χ2v) is 8.55. The minimum atomic E-state index is -0.573. The lowest BCUT2D eigenvalue weighted by Crippen LogP contribution is -2.46. The Kier molecular flexibility index (Phi) is 12.2. The number of thioether (sulfide) groups is 1.